The Hall–Kier alpha value is -13.7. The maximum Gasteiger partial charge on any atom is 0.326 e. The fraction of sp³-hybridized carbons (Fsp3) is 0.333. The molecule has 1 unspecified atom stereocenters. The van der Waals surface area contributed by atoms with Crippen molar-refractivity contribution >= 4 is 70.6 Å². The quantitative estimate of drug-likeness (QED) is 0.00999. The van der Waals surface area contributed by atoms with E-state index in [1.165, 1.54) is 24.3 Å². The second-order valence-electron chi connectivity index (χ2n) is 32.8. The van der Waals surface area contributed by atoms with Crippen LogP contribution < -0.4 is 21.3 Å². The summed E-state index contributed by atoms with van der Waals surface area (Å²) in [7, 11) is 0. The van der Waals surface area contributed by atoms with Crippen molar-refractivity contribution in [3.63, 3.8) is 0 Å². The molecule has 8 N–H and O–H groups in total. The lowest BCUT2D eigenvalue weighted by atomic mass is 9.87. The number of amides is 4. The normalized spacial score (nSPS) is 13.0. The molecule has 0 saturated carbocycles. The highest BCUT2D eigenvalue weighted by Crippen LogP contribution is 2.30. The number of aliphatic carboxylic acids is 4. The number of carbonyl (C=O) groups excluding carboxylic acids is 8. The summed E-state index contributed by atoms with van der Waals surface area (Å²) in [6.45, 7) is 10.3. The van der Waals surface area contributed by atoms with E-state index in [1.807, 2.05) is 60.7 Å². The molecule has 9 aromatic carbocycles. The second kappa shape index (κ2) is 53.3. The molecule has 0 spiro atoms. The number of nitrogens with one attached hydrogen (secondary N) is 4. The van der Waals surface area contributed by atoms with Crippen LogP contribution in [0, 0.1) is 135 Å². The van der Waals surface area contributed by atoms with E-state index >= 15 is 0 Å². The lowest BCUT2D eigenvalue weighted by molar-refractivity contribution is -0.144. The van der Waals surface area contributed by atoms with Crippen LogP contribution in [-0.2, 0) is 115 Å². The summed E-state index contributed by atoms with van der Waals surface area (Å²) >= 11 is 0. The van der Waals surface area contributed by atoms with Crippen LogP contribution in [-0.4, -0.2) is 115 Å². The molecule has 0 aliphatic carbocycles. The van der Waals surface area contributed by atoms with Crippen molar-refractivity contribution in [1.29, 1.82) is 0 Å². The van der Waals surface area contributed by atoms with Crippen molar-refractivity contribution < 1.29 is 148 Å². The van der Waals surface area contributed by atoms with Crippen molar-refractivity contribution in [2.75, 3.05) is 0 Å². The minimum atomic E-state index is -2.34. The Labute approximate surface area is 765 Å². The molecule has 9 atom stereocenters. The predicted molar refractivity (Wildman–Crippen MR) is 460 cm³/mol. The maximum atomic E-state index is 13.9. The predicted octanol–water partition coefficient (Wildman–Crippen LogP) is 17.1. The van der Waals surface area contributed by atoms with Gasteiger partial charge in [0.05, 0.1) is 55.1 Å². The number of ketones is 4. The lowest BCUT2D eigenvalue weighted by Crippen LogP contribution is -2.46. The topological polar surface area (TPSA) is 334 Å². The number of rotatable bonds is 44. The highest BCUT2D eigenvalue weighted by Gasteiger charge is 2.38. The number of carboxylic acids is 4. The number of carbonyl (C=O) groups is 12. The van der Waals surface area contributed by atoms with Gasteiger partial charge in [0.1, 0.15) is 17.6 Å². The van der Waals surface area contributed by atoms with Crippen LogP contribution in [0.1, 0.15) is 137 Å². The average molecular weight is 1900 g/mol. The monoisotopic (exact) mass is 1900 g/mol. The van der Waals surface area contributed by atoms with Gasteiger partial charge in [0.25, 0.3) is 0 Å². The fourth-order valence-electron chi connectivity index (χ4n) is 14.2. The largest absolute Gasteiger partial charge is 0.481 e. The van der Waals surface area contributed by atoms with Gasteiger partial charge in [0, 0.05) is 61.1 Å². The van der Waals surface area contributed by atoms with E-state index in [4.69, 9.17) is 0 Å². The molecule has 4 amide bonds. The fourth-order valence-corrected chi connectivity index (χ4v) is 14.2. The van der Waals surface area contributed by atoms with E-state index < -0.39 is 261 Å². The van der Waals surface area contributed by atoms with Crippen LogP contribution in [0.15, 0.2) is 176 Å². The molecule has 20 nitrogen and oxygen atoms in total. The van der Waals surface area contributed by atoms with E-state index in [0.717, 1.165) is 11.1 Å². The minimum absolute atomic E-state index is 0.00871. The Morgan fingerprint density at radius 2 is 0.563 bits per heavy atom. The number of halogens is 16. The molecular formula is C99H98F16N4O16. The maximum absolute atomic E-state index is 13.9. The third-order valence-corrected chi connectivity index (χ3v) is 21.4. The van der Waals surface area contributed by atoms with Crippen LogP contribution in [0.3, 0.4) is 0 Å². The van der Waals surface area contributed by atoms with Gasteiger partial charge in [0.2, 0.25) is 41.1 Å². The Bertz CT molecular complexity index is 5360. The first kappa shape index (κ1) is 110. The van der Waals surface area contributed by atoms with E-state index in [2.05, 4.69) is 21.3 Å². The Morgan fingerprint density at radius 1 is 0.274 bits per heavy atom. The molecule has 722 valence electrons. The average Bonchev–Trinajstić information content (AvgIpc) is 0.803. The number of carboxylic acid groups (broad SMARTS) is 4. The molecule has 0 heterocycles. The first-order chi connectivity index (χ1) is 63.7. The smallest absolute Gasteiger partial charge is 0.326 e. The van der Waals surface area contributed by atoms with Crippen molar-refractivity contribution in [3.8, 4) is 0 Å². The van der Waals surface area contributed by atoms with Crippen LogP contribution >= 0.6 is 0 Å². The number of hydrogen-bond donors (Lipinski definition) is 8. The van der Waals surface area contributed by atoms with E-state index in [0.29, 0.717) is 28.7 Å². The Kier molecular flexibility index (Phi) is 43.4. The van der Waals surface area contributed by atoms with Gasteiger partial charge in [-0.3, -0.25) is 52.7 Å². The van der Waals surface area contributed by atoms with Crippen LogP contribution in [0.4, 0.5) is 70.2 Å². The summed E-state index contributed by atoms with van der Waals surface area (Å²) in [4.78, 5) is 149. The zero-order valence-corrected chi connectivity index (χ0v) is 73.6. The zero-order chi connectivity index (χ0) is 100. The first-order valence-electron chi connectivity index (χ1n) is 42.4. The molecule has 0 aliphatic heterocycles. The van der Waals surface area contributed by atoms with E-state index in [9.17, 15) is 148 Å². The molecule has 9 rings (SSSR count). The molecule has 0 aliphatic rings. The van der Waals surface area contributed by atoms with Gasteiger partial charge in [-0.2, -0.15) is 0 Å². The van der Waals surface area contributed by atoms with Gasteiger partial charge in [-0.05, 0) is 102 Å². The third kappa shape index (κ3) is 34.1. The molecule has 0 saturated heterocycles. The highest BCUT2D eigenvalue weighted by molar-refractivity contribution is 5.95. The minimum Gasteiger partial charge on any atom is -0.481 e. The van der Waals surface area contributed by atoms with Crippen LogP contribution in [0.2, 0.25) is 0 Å². The molecular weight excluding hydrogens is 1810 g/mol. The van der Waals surface area contributed by atoms with Gasteiger partial charge in [-0.15, -0.1) is 0 Å². The second-order valence-corrected chi connectivity index (χ2v) is 32.8. The highest BCUT2D eigenvalue weighted by atomic mass is 19.2. The summed E-state index contributed by atoms with van der Waals surface area (Å²) in [5, 5.41) is 47.9. The van der Waals surface area contributed by atoms with Crippen molar-refractivity contribution in [2.24, 2.45) is 41.4 Å². The number of hydrogen-bond acceptors (Lipinski definition) is 12. The summed E-state index contributed by atoms with van der Waals surface area (Å²) in [5.74, 6) is -48.8. The van der Waals surface area contributed by atoms with Gasteiger partial charge < -0.3 is 41.7 Å². The first-order valence-corrected chi connectivity index (χ1v) is 42.4. The summed E-state index contributed by atoms with van der Waals surface area (Å²) < 4.78 is 217. The van der Waals surface area contributed by atoms with Gasteiger partial charge in [-0.1, -0.05) is 212 Å². The summed E-state index contributed by atoms with van der Waals surface area (Å²) in [5.41, 5.74) is 0.416. The molecule has 135 heavy (non-hydrogen) atoms. The van der Waals surface area contributed by atoms with Crippen molar-refractivity contribution in [2.45, 2.75) is 168 Å². The van der Waals surface area contributed by atoms with Gasteiger partial charge in [0.15, 0.2) is 87.2 Å². The van der Waals surface area contributed by atoms with Gasteiger partial charge in [-0.25, -0.2) is 75.0 Å². The van der Waals surface area contributed by atoms with Gasteiger partial charge >= 0.3 is 23.9 Å². The Morgan fingerprint density at radius 3 is 0.889 bits per heavy atom. The lowest BCUT2D eigenvalue weighted by Gasteiger charge is -2.25. The molecule has 0 aromatic heterocycles. The molecule has 36 heteroatoms. The summed E-state index contributed by atoms with van der Waals surface area (Å²) in [6, 6.07) is 45.1. The standard InChI is InChI=1S/C27H26FNO4.3C24H24F5NO4/c28-23-13-11-21(12-14-23)17-26(31)29-24(16-20-9-5-2-6-10-20)25(30)18-22(27(32)33)15-19-7-3-1-4-8-19;1-12(2)8-16(17(31)10-14(24(33)34)9-13-6-4-3-5-7-13)30-18(32)11-15-19(25)21(27)23(29)22(28)20(15)26;1-12(2)8-14(23(32)30-17(24(33)34)9-13-6-4-3-5-7-13)10-15(31)11-16-18(25)20(27)22(29)21(28)19(16)26;1-3-12(2)23(16(31)10-14(24(33)34)9-13-7-5-4-6-8-13)30-17(32)11-15-18(25)20(27)22(29)21(28)19(15)26/h1-14,22,24H,15-18H2,(H,29,31)(H,32,33);3-7,12,14,16H,8-11H2,1-2H3,(H,30,32)(H,33,34);3-7,12,14,17H,8-11H2,1-2H3,(H,30,32)(H,33,34);4-8,12,14,23H,3,9-11H2,1-2H3,(H,30,32)(H,33,34)/t22-,24+;14-,16+;14-,17+;12?,14-,23+/m1101/s1. The molecule has 0 fully saturated rings. The number of benzene rings is 9. The van der Waals surface area contributed by atoms with Crippen LogP contribution in [0.25, 0.3) is 0 Å². The Balaban J connectivity index is 0.000000277. The third-order valence-electron chi connectivity index (χ3n) is 21.4. The molecule has 0 bridgehead atoms. The van der Waals surface area contributed by atoms with Crippen LogP contribution in [0.5, 0.6) is 0 Å². The summed E-state index contributed by atoms with van der Waals surface area (Å²) in [6.07, 6.45) is -3.94. The SMILES string of the molecule is CC(C)C[C@@H](CC(=O)Cc1c(F)c(F)c(F)c(F)c1F)C(=O)N[C@H](Cc1ccccc1)C(=O)O.CC(C)C[C@H](NC(=O)Cc1c(F)c(F)c(F)c(F)c1F)C(=O)C[C@@H](Cc1ccccc1)C(=O)O.CCC(C)[C@H](NC(=O)Cc1c(F)c(F)c(F)c(F)c1F)C(=O)C[C@@H](Cc1ccccc1)C(=O)O.O=C(Cc1ccc(F)cc1)N[C@@H](Cc1ccccc1)C(=O)C[C@@H](Cc1ccccc1)C(=O)O. The van der Waals surface area contributed by atoms with E-state index in [1.54, 1.807) is 133 Å². The number of Topliss-reactive ketones (excluding diaryl/α,β-unsaturated/α-hetero) is 4. The van der Waals surface area contributed by atoms with E-state index in [-0.39, 0.29) is 81.3 Å². The van der Waals surface area contributed by atoms with Crippen molar-refractivity contribution in [3.05, 3.63) is 319 Å². The van der Waals surface area contributed by atoms with Crippen molar-refractivity contribution in [1.82, 2.24) is 21.3 Å². The molecule has 0 radical (unpaired) electrons. The molecule has 9 aromatic rings. The zero-order valence-electron chi connectivity index (χ0n) is 73.6.